The van der Waals surface area contributed by atoms with Gasteiger partial charge in [0.25, 0.3) is 0 Å². The number of ether oxygens (including phenoxy) is 2. The molecule has 2 aromatic carbocycles. The lowest BCUT2D eigenvalue weighted by atomic mass is 9.97. The topological polar surface area (TPSA) is 84.9 Å². The van der Waals surface area contributed by atoms with E-state index in [0.717, 1.165) is 16.9 Å². The number of piperidine rings is 1. The minimum Gasteiger partial charge on any atom is -0.497 e. The quantitative estimate of drug-likeness (QED) is 0.674. The molecule has 7 nitrogen and oxygen atoms in total. The number of methoxy groups -OCH3 is 1. The zero-order valence-electron chi connectivity index (χ0n) is 18.3. The first-order valence-corrected chi connectivity index (χ1v) is 11.9. The van der Waals surface area contributed by atoms with Crippen LogP contribution in [0, 0.1) is 12.8 Å². The van der Waals surface area contributed by atoms with Gasteiger partial charge in [0.15, 0.2) is 0 Å². The summed E-state index contributed by atoms with van der Waals surface area (Å²) in [7, 11) is -1.98. The first kappa shape index (κ1) is 23.1. The van der Waals surface area contributed by atoms with Crippen LogP contribution in [0.15, 0.2) is 47.4 Å². The monoisotopic (exact) mass is 446 g/mol. The van der Waals surface area contributed by atoms with Crippen molar-refractivity contribution in [1.82, 2.24) is 9.62 Å². The van der Waals surface area contributed by atoms with Crippen LogP contribution in [-0.2, 0) is 21.4 Å². The fourth-order valence-electron chi connectivity index (χ4n) is 3.68. The van der Waals surface area contributed by atoms with E-state index in [0.29, 0.717) is 44.8 Å². The molecule has 0 aliphatic carbocycles. The van der Waals surface area contributed by atoms with Gasteiger partial charge in [0.2, 0.25) is 15.9 Å². The molecule has 1 N–H and O–H groups in total. The molecule has 0 radical (unpaired) electrons. The number of nitrogens with one attached hydrogen (secondary N) is 1. The number of aryl methyl sites for hydroxylation is 1. The van der Waals surface area contributed by atoms with E-state index in [1.807, 2.05) is 38.1 Å². The average molecular weight is 447 g/mol. The van der Waals surface area contributed by atoms with E-state index >= 15 is 0 Å². The van der Waals surface area contributed by atoms with Crippen molar-refractivity contribution < 1.29 is 22.7 Å². The van der Waals surface area contributed by atoms with Crippen LogP contribution in [0.3, 0.4) is 0 Å². The molecule has 0 unspecified atom stereocenters. The molecule has 31 heavy (non-hydrogen) atoms. The van der Waals surface area contributed by atoms with Gasteiger partial charge in [0.05, 0.1) is 18.6 Å². The lowest BCUT2D eigenvalue weighted by molar-refractivity contribution is -0.126. The fraction of sp³-hybridized carbons (Fsp3) is 0.435. The van der Waals surface area contributed by atoms with E-state index < -0.39 is 10.0 Å². The van der Waals surface area contributed by atoms with Crippen molar-refractivity contribution in [2.75, 3.05) is 26.8 Å². The minimum absolute atomic E-state index is 0.0372. The molecule has 0 spiro atoms. The van der Waals surface area contributed by atoms with Crippen LogP contribution in [0.25, 0.3) is 0 Å². The molecule has 3 rings (SSSR count). The third kappa shape index (κ3) is 5.57. The van der Waals surface area contributed by atoms with Crippen LogP contribution in [0.1, 0.15) is 30.9 Å². The third-order valence-corrected chi connectivity index (χ3v) is 7.43. The number of carbonyl (C=O) groups is 1. The molecule has 1 amide bonds. The maximum atomic E-state index is 13.0. The van der Waals surface area contributed by atoms with Crippen LogP contribution in [0.2, 0.25) is 0 Å². The normalized spacial score (nSPS) is 15.5. The predicted molar refractivity (Wildman–Crippen MR) is 119 cm³/mol. The molecule has 0 aromatic heterocycles. The molecule has 1 heterocycles. The van der Waals surface area contributed by atoms with Gasteiger partial charge in [-0.1, -0.05) is 12.1 Å². The Hall–Kier alpha value is -2.58. The Morgan fingerprint density at radius 1 is 1.13 bits per heavy atom. The number of rotatable bonds is 8. The van der Waals surface area contributed by atoms with Gasteiger partial charge in [-0.2, -0.15) is 4.31 Å². The Kier molecular flexibility index (Phi) is 7.56. The summed E-state index contributed by atoms with van der Waals surface area (Å²) < 4.78 is 38.1. The van der Waals surface area contributed by atoms with Gasteiger partial charge in [0, 0.05) is 25.6 Å². The van der Waals surface area contributed by atoms with E-state index in [2.05, 4.69) is 5.32 Å². The molecule has 8 heteroatoms. The highest BCUT2D eigenvalue weighted by Crippen LogP contribution is 2.27. The van der Waals surface area contributed by atoms with Crippen LogP contribution in [0.5, 0.6) is 11.5 Å². The second-order valence-electron chi connectivity index (χ2n) is 7.60. The SMILES string of the molecule is CCOc1ccc(S(=O)(=O)N2CCC(C(=O)NCc3ccc(OC)cc3)CC2)cc1C. The van der Waals surface area contributed by atoms with Gasteiger partial charge in [-0.25, -0.2) is 8.42 Å². The summed E-state index contributed by atoms with van der Waals surface area (Å²) in [5.74, 6) is 1.23. The highest BCUT2D eigenvalue weighted by atomic mass is 32.2. The molecule has 168 valence electrons. The van der Waals surface area contributed by atoms with E-state index in [-0.39, 0.29) is 16.7 Å². The van der Waals surface area contributed by atoms with Crippen molar-refractivity contribution in [2.24, 2.45) is 5.92 Å². The number of sulfonamides is 1. The summed E-state index contributed by atoms with van der Waals surface area (Å²) in [5.41, 5.74) is 1.77. The molecule has 2 aromatic rings. The number of nitrogens with zero attached hydrogens (tertiary/aromatic N) is 1. The second-order valence-corrected chi connectivity index (χ2v) is 9.54. The fourth-order valence-corrected chi connectivity index (χ4v) is 5.24. The molecule has 1 aliphatic rings. The highest BCUT2D eigenvalue weighted by Gasteiger charge is 2.32. The zero-order chi connectivity index (χ0) is 22.4. The molecular formula is C23H30N2O5S. The van der Waals surface area contributed by atoms with Gasteiger partial charge in [-0.3, -0.25) is 4.79 Å². The molecule has 1 saturated heterocycles. The largest absolute Gasteiger partial charge is 0.497 e. The van der Waals surface area contributed by atoms with E-state index in [4.69, 9.17) is 9.47 Å². The molecule has 1 fully saturated rings. The maximum Gasteiger partial charge on any atom is 0.243 e. The Balaban J connectivity index is 1.55. The Morgan fingerprint density at radius 3 is 2.39 bits per heavy atom. The Labute approximate surface area is 184 Å². The van der Waals surface area contributed by atoms with E-state index in [1.165, 1.54) is 4.31 Å². The van der Waals surface area contributed by atoms with Crippen LogP contribution >= 0.6 is 0 Å². The van der Waals surface area contributed by atoms with Gasteiger partial charge in [-0.05, 0) is 68.1 Å². The minimum atomic E-state index is -3.59. The maximum absolute atomic E-state index is 13.0. The van der Waals surface area contributed by atoms with Crippen molar-refractivity contribution in [1.29, 1.82) is 0 Å². The van der Waals surface area contributed by atoms with Crippen LogP contribution in [-0.4, -0.2) is 45.4 Å². The number of carbonyl (C=O) groups excluding carboxylic acids is 1. The van der Waals surface area contributed by atoms with Gasteiger partial charge >= 0.3 is 0 Å². The smallest absolute Gasteiger partial charge is 0.243 e. The van der Waals surface area contributed by atoms with E-state index in [9.17, 15) is 13.2 Å². The molecule has 0 atom stereocenters. The Bertz CT molecular complexity index is 997. The summed E-state index contributed by atoms with van der Waals surface area (Å²) in [6.45, 7) is 5.35. The number of hydrogen-bond acceptors (Lipinski definition) is 5. The zero-order valence-corrected chi connectivity index (χ0v) is 19.1. The van der Waals surface area contributed by atoms with Crippen molar-refractivity contribution in [3.8, 4) is 11.5 Å². The van der Waals surface area contributed by atoms with Crippen molar-refractivity contribution in [2.45, 2.75) is 38.1 Å². The average Bonchev–Trinajstić information content (AvgIpc) is 2.79. The highest BCUT2D eigenvalue weighted by molar-refractivity contribution is 7.89. The molecule has 1 aliphatic heterocycles. The first-order chi connectivity index (χ1) is 14.8. The standard InChI is InChI=1S/C23H30N2O5S/c1-4-30-22-10-9-21(15-17(22)2)31(27,28)25-13-11-19(12-14-25)23(26)24-16-18-5-7-20(29-3)8-6-18/h5-10,15,19H,4,11-14,16H2,1-3H3,(H,24,26). The number of amides is 1. The first-order valence-electron chi connectivity index (χ1n) is 10.5. The lowest BCUT2D eigenvalue weighted by Crippen LogP contribution is -2.42. The van der Waals surface area contributed by atoms with Gasteiger partial charge < -0.3 is 14.8 Å². The summed E-state index contributed by atoms with van der Waals surface area (Å²) >= 11 is 0. The molecule has 0 bridgehead atoms. The summed E-state index contributed by atoms with van der Waals surface area (Å²) in [6.07, 6.45) is 1.01. The predicted octanol–water partition coefficient (Wildman–Crippen LogP) is 3.12. The van der Waals surface area contributed by atoms with Gasteiger partial charge in [-0.15, -0.1) is 0 Å². The van der Waals surface area contributed by atoms with Crippen molar-refractivity contribution >= 4 is 15.9 Å². The van der Waals surface area contributed by atoms with Crippen LogP contribution in [0.4, 0.5) is 0 Å². The van der Waals surface area contributed by atoms with E-state index in [1.54, 1.807) is 25.3 Å². The summed E-state index contributed by atoms with van der Waals surface area (Å²) in [6, 6.07) is 12.5. The van der Waals surface area contributed by atoms with Crippen molar-refractivity contribution in [3.63, 3.8) is 0 Å². The molecule has 0 saturated carbocycles. The summed E-state index contributed by atoms with van der Waals surface area (Å²) in [5, 5.41) is 2.96. The second kappa shape index (κ2) is 10.2. The lowest BCUT2D eigenvalue weighted by Gasteiger charge is -2.30. The Morgan fingerprint density at radius 2 is 1.81 bits per heavy atom. The summed E-state index contributed by atoms with van der Waals surface area (Å²) in [4.78, 5) is 12.8. The number of hydrogen-bond donors (Lipinski definition) is 1. The van der Waals surface area contributed by atoms with Crippen LogP contribution < -0.4 is 14.8 Å². The van der Waals surface area contributed by atoms with Gasteiger partial charge in [0.1, 0.15) is 11.5 Å². The molecular weight excluding hydrogens is 416 g/mol. The van der Waals surface area contributed by atoms with Crippen molar-refractivity contribution in [3.05, 3.63) is 53.6 Å². The third-order valence-electron chi connectivity index (χ3n) is 5.53. The number of benzene rings is 2.